The summed E-state index contributed by atoms with van der Waals surface area (Å²) < 4.78 is 10.9. The zero-order valence-corrected chi connectivity index (χ0v) is 19.8. The molecule has 2 N–H and O–H groups in total. The van der Waals surface area contributed by atoms with Gasteiger partial charge in [-0.15, -0.1) is 0 Å². The molecule has 6 nitrogen and oxygen atoms in total. The quantitative estimate of drug-likeness (QED) is 0.381. The summed E-state index contributed by atoms with van der Waals surface area (Å²) >= 11 is 0. The van der Waals surface area contributed by atoms with Crippen LogP contribution in [0.2, 0.25) is 0 Å². The van der Waals surface area contributed by atoms with Crippen molar-refractivity contribution >= 4 is 23.1 Å². The maximum Gasteiger partial charge on any atom is 0.316 e. The SMILES string of the molecule is COC(=O)[C@@H]1C(=O)C2=C(C[C@H]1C)Nc1ccccc1N[C@H]2c1ccc(OCc2ccccc2)cc1. The van der Waals surface area contributed by atoms with Crippen LogP contribution in [-0.4, -0.2) is 18.9 Å². The molecule has 1 aliphatic carbocycles. The Bertz CT molecular complexity index is 1270. The maximum absolute atomic E-state index is 13.7. The van der Waals surface area contributed by atoms with Crippen LogP contribution in [0.4, 0.5) is 11.4 Å². The van der Waals surface area contributed by atoms with Gasteiger partial charge in [0.1, 0.15) is 18.3 Å². The van der Waals surface area contributed by atoms with Crippen LogP contribution in [0.15, 0.2) is 90.1 Å². The number of ether oxygens (including phenoxy) is 2. The van der Waals surface area contributed by atoms with E-state index in [1.165, 1.54) is 7.11 Å². The van der Waals surface area contributed by atoms with Gasteiger partial charge < -0.3 is 20.1 Å². The number of ketones is 1. The smallest absolute Gasteiger partial charge is 0.316 e. The molecule has 0 saturated carbocycles. The lowest BCUT2D eigenvalue weighted by Crippen LogP contribution is -2.39. The highest BCUT2D eigenvalue weighted by molar-refractivity contribution is 6.11. The number of anilines is 2. The molecule has 2 aliphatic rings. The van der Waals surface area contributed by atoms with E-state index >= 15 is 0 Å². The third-order valence-electron chi connectivity index (χ3n) is 6.69. The number of allylic oxidation sites excluding steroid dienone is 1. The number of hydrogen-bond donors (Lipinski definition) is 2. The number of fused-ring (bicyclic) bond motifs is 1. The second kappa shape index (κ2) is 9.66. The van der Waals surface area contributed by atoms with E-state index in [1.54, 1.807) is 0 Å². The van der Waals surface area contributed by atoms with Gasteiger partial charge in [-0.1, -0.05) is 61.5 Å². The van der Waals surface area contributed by atoms with E-state index < -0.39 is 17.9 Å². The van der Waals surface area contributed by atoms with Crippen molar-refractivity contribution in [2.75, 3.05) is 17.7 Å². The molecule has 0 bridgehead atoms. The van der Waals surface area contributed by atoms with Crippen molar-refractivity contribution in [2.45, 2.75) is 26.0 Å². The Morgan fingerprint density at radius 1 is 0.943 bits per heavy atom. The number of para-hydroxylation sites is 2. The second-order valence-corrected chi connectivity index (χ2v) is 9.03. The molecule has 0 aromatic heterocycles. The van der Waals surface area contributed by atoms with E-state index in [1.807, 2.05) is 85.8 Å². The Balaban J connectivity index is 1.48. The highest BCUT2D eigenvalue weighted by Crippen LogP contribution is 2.43. The molecule has 0 amide bonds. The van der Waals surface area contributed by atoms with Gasteiger partial charge in [0, 0.05) is 11.3 Å². The van der Waals surface area contributed by atoms with Crippen molar-refractivity contribution in [2.24, 2.45) is 11.8 Å². The molecule has 1 aliphatic heterocycles. The molecular formula is C29H28N2O4. The van der Waals surface area contributed by atoms with E-state index in [2.05, 4.69) is 10.6 Å². The van der Waals surface area contributed by atoms with Crippen LogP contribution >= 0.6 is 0 Å². The van der Waals surface area contributed by atoms with Crippen LogP contribution in [0.1, 0.15) is 30.5 Å². The molecule has 1 heterocycles. The highest BCUT2D eigenvalue weighted by Gasteiger charge is 2.44. The predicted molar refractivity (Wildman–Crippen MR) is 135 cm³/mol. The summed E-state index contributed by atoms with van der Waals surface area (Å²) in [5.41, 5.74) is 5.22. The van der Waals surface area contributed by atoms with Gasteiger partial charge in [0.05, 0.1) is 24.5 Å². The first kappa shape index (κ1) is 22.7. The van der Waals surface area contributed by atoms with Crippen molar-refractivity contribution < 1.29 is 19.1 Å². The number of esters is 1. The molecule has 178 valence electrons. The van der Waals surface area contributed by atoms with Gasteiger partial charge in [-0.25, -0.2) is 0 Å². The fraction of sp³-hybridized carbons (Fsp3) is 0.241. The maximum atomic E-state index is 13.7. The number of hydrogen-bond acceptors (Lipinski definition) is 6. The Hall–Kier alpha value is -4.06. The third-order valence-corrected chi connectivity index (χ3v) is 6.69. The third kappa shape index (κ3) is 4.52. The van der Waals surface area contributed by atoms with Crippen molar-refractivity contribution in [3.63, 3.8) is 0 Å². The van der Waals surface area contributed by atoms with E-state index in [4.69, 9.17) is 9.47 Å². The number of nitrogens with one attached hydrogen (secondary N) is 2. The molecule has 0 radical (unpaired) electrons. The number of Topliss-reactive ketones (excluding diaryl/α,β-unsaturated/α-hetero) is 1. The zero-order valence-electron chi connectivity index (χ0n) is 19.8. The van der Waals surface area contributed by atoms with Gasteiger partial charge in [0.15, 0.2) is 5.78 Å². The fourth-order valence-electron chi connectivity index (χ4n) is 4.88. The number of benzene rings is 3. The fourth-order valence-corrected chi connectivity index (χ4v) is 4.88. The average Bonchev–Trinajstić information content (AvgIpc) is 3.05. The van der Waals surface area contributed by atoms with Gasteiger partial charge in [-0.05, 0) is 47.7 Å². The normalized spacial score (nSPS) is 21.1. The first-order valence-electron chi connectivity index (χ1n) is 11.8. The van der Waals surface area contributed by atoms with E-state index in [0.717, 1.165) is 33.9 Å². The Morgan fingerprint density at radius 2 is 1.63 bits per heavy atom. The molecule has 0 saturated heterocycles. The average molecular weight is 469 g/mol. The van der Waals surface area contributed by atoms with Gasteiger partial charge in [0.2, 0.25) is 0 Å². The number of methoxy groups -OCH3 is 1. The molecule has 6 heteroatoms. The topological polar surface area (TPSA) is 76.7 Å². The summed E-state index contributed by atoms with van der Waals surface area (Å²) in [6.07, 6.45) is 0.575. The van der Waals surface area contributed by atoms with Gasteiger partial charge >= 0.3 is 5.97 Å². The molecule has 3 aromatic carbocycles. The molecule has 0 unspecified atom stereocenters. The lowest BCUT2D eigenvalue weighted by molar-refractivity contribution is -0.151. The molecule has 0 fully saturated rings. The minimum Gasteiger partial charge on any atom is -0.489 e. The van der Waals surface area contributed by atoms with Crippen LogP contribution < -0.4 is 15.4 Å². The lowest BCUT2D eigenvalue weighted by atomic mass is 9.75. The molecule has 5 rings (SSSR count). The number of carbonyl (C=O) groups is 2. The van der Waals surface area contributed by atoms with Crippen molar-refractivity contribution in [1.82, 2.24) is 0 Å². The molecular weight excluding hydrogens is 440 g/mol. The van der Waals surface area contributed by atoms with Gasteiger partial charge in [0.25, 0.3) is 0 Å². The van der Waals surface area contributed by atoms with Gasteiger partial charge in [-0.3, -0.25) is 9.59 Å². The minimum atomic E-state index is -0.820. The van der Waals surface area contributed by atoms with Crippen molar-refractivity contribution in [3.05, 3.63) is 101 Å². The summed E-state index contributed by atoms with van der Waals surface area (Å²) in [6, 6.07) is 25.2. The first-order chi connectivity index (χ1) is 17.0. The number of rotatable bonds is 5. The Labute approximate surface area is 205 Å². The van der Waals surface area contributed by atoms with Crippen LogP contribution in [-0.2, 0) is 20.9 Å². The minimum absolute atomic E-state index is 0.166. The summed E-state index contributed by atoms with van der Waals surface area (Å²) in [5, 5.41) is 7.01. The van der Waals surface area contributed by atoms with Gasteiger partial charge in [-0.2, -0.15) is 0 Å². The standard InChI is InChI=1S/C29H28N2O4/c1-18-16-24-26(28(32)25(18)29(33)34-2)27(31-23-11-7-6-10-22(23)30-24)20-12-14-21(15-13-20)35-17-19-8-4-3-5-9-19/h3-15,18,25,27,30-31H,16-17H2,1-2H3/t18-,25+,27+/m1/s1. The van der Waals surface area contributed by atoms with Crippen molar-refractivity contribution in [3.8, 4) is 5.75 Å². The lowest BCUT2D eigenvalue weighted by Gasteiger charge is -2.32. The summed E-state index contributed by atoms with van der Waals surface area (Å²) in [5.74, 6) is -0.928. The largest absolute Gasteiger partial charge is 0.489 e. The summed E-state index contributed by atoms with van der Waals surface area (Å²) in [6.45, 7) is 2.40. The number of carbonyl (C=O) groups excluding carboxylic acids is 2. The van der Waals surface area contributed by atoms with Crippen LogP contribution in [0.25, 0.3) is 0 Å². The van der Waals surface area contributed by atoms with E-state index in [0.29, 0.717) is 18.6 Å². The predicted octanol–water partition coefficient (Wildman–Crippen LogP) is 5.50. The highest BCUT2D eigenvalue weighted by atomic mass is 16.5. The van der Waals surface area contributed by atoms with Crippen LogP contribution in [0.5, 0.6) is 5.75 Å². The molecule has 35 heavy (non-hydrogen) atoms. The first-order valence-corrected chi connectivity index (χ1v) is 11.8. The molecule has 3 atom stereocenters. The molecule has 3 aromatic rings. The Kier molecular flexibility index (Phi) is 6.27. The summed E-state index contributed by atoms with van der Waals surface area (Å²) in [4.78, 5) is 26.2. The van der Waals surface area contributed by atoms with E-state index in [-0.39, 0.29) is 11.7 Å². The van der Waals surface area contributed by atoms with E-state index in [9.17, 15) is 9.59 Å². The Morgan fingerprint density at radius 3 is 2.34 bits per heavy atom. The zero-order chi connectivity index (χ0) is 24.4. The summed E-state index contributed by atoms with van der Waals surface area (Å²) in [7, 11) is 1.33. The van der Waals surface area contributed by atoms with Crippen LogP contribution in [0, 0.1) is 11.8 Å². The van der Waals surface area contributed by atoms with Crippen LogP contribution in [0.3, 0.4) is 0 Å². The molecule has 0 spiro atoms. The second-order valence-electron chi connectivity index (χ2n) is 9.03. The monoisotopic (exact) mass is 468 g/mol. The van der Waals surface area contributed by atoms with Crippen molar-refractivity contribution in [1.29, 1.82) is 0 Å².